The molecule has 0 aromatic heterocycles. The van der Waals surface area contributed by atoms with E-state index >= 15 is 0 Å². The van der Waals surface area contributed by atoms with Crippen LogP contribution < -0.4 is 0 Å². The summed E-state index contributed by atoms with van der Waals surface area (Å²) in [5, 5.41) is 0. The van der Waals surface area contributed by atoms with Crippen molar-refractivity contribution >= 4 is 0 Å². The molecule has 34 heavy (non-hydrogen) atoms. The van der Waals surface area contributed by atoms with Crippen molar-refractivity contribution in [2.45, 2.75) is 69.2 Å². The third-order valence-corrected chi connectivity index (χ3v) is 10.7. The quantitative estimate of drug-likeness (QED) is 0.363. The Morgan fingerprint density at radius 1 is 0.412 bits per heavy atom. The van der Waals surface area contributed by atoms with E-state index in [2.05, 4.69) is 69.2 Å². The van der Waals surface area contributed by atoms with Gasteiger partial charge in [0.15, 0.2) is 0 Å². The Morgan fingerprint density at radius 2 is 0.618 bits per heavy atom. The van der Waals surface area contributed by atoms with Crippen molar-refractivity contribution in [3.63, 3.8) is 0 Å². The van der Waals surface area contributed by atoms with Gasteiger partial charge in [-0.15, -0.1) is 0 Å². The van der Waals surface area contributed by atoms with E-state index in [1.54, 1.807) is 31.2 Å². The van der Waals surface area contributed by atoms with Gasteiger partial charge < -0.3 is 0 Å². The summed E-state index contributed by atoms with van der Waals surface area (Å²) in [5.41, 5.74) is 9.75. The Bertz CT molecular complexity index is 922. The summed E-state index contributed by atoms with van der Waals surface area (Å²) in [6.45, 7) is 23.5. The second-order valence-electron chi connectivity index (χ2n) is 10.1. The monoisotopic (exact) mass is 530 g/mol. The summed E-state index contributed by atoms with van der Waals surface area (Å²) in [6, 6.07) is 24.0. The molecule has 2 heteroatoms. The second-order valence-corrected chi connectivity index (χ2v) is 11.7. The van der Waals surface area contributed by atoms with E-state index in [4.69, 9.17) is 0 Å². The summed E-state index contributed by atoms with van der Waals surface area (Å²) < 4.78 is 3.38. The fourth-order valence-electron chi connectivity index (χ4n) is 4.40. The SMILES string of the molecule is CC1=C(C)C(C)(C)[C]([Cr][C]2=C(C)C(C)=C(C)C2(C)C)=C1C.[Cr].c1ccccc1.c1ccccc1. The number of hydrogen-bond donors (Lipinski definition) is 0. The van der Waals surface area contributed by atoms with Crippen LogP contribution >= 0.6 is 0 Å². The summed E-state index contributed by atoms with van der Waals surface area (Å²) in [4.78, 5) is 0. The minimum atomic E-state index is 0. The van der Waals surface area contributed by atoms with Crippen LogP contribution in [0.25, 0.3) is 0 Å². The Kier molecular flexibility index (Phi) is 11.6. The molecule has 2 aromatic rings. The molecular weight excluding hydrogens is 488 g/mol. The van der Waals surface area contributed by atoms with E-state index in [-0.39, 0.29) is 28.2 Å². The van der Waals surface area contributed by atoms with E-state index < -0.39 is 0 Å². The predicted octanol–water partition coefficient (Wildman–Crippen LogP) is 9.74. The van der Waals surface area contributed by atoms with Crippen LogP contribution in [0.4, 0.5) is 0 Å². The van der Waals surface area contributed by atoms with Crippen LogP contribution in [0.3, 0.4) is 0 Å². The maximum atomic E-state index is 2.41. The molecule has 0 atom stereocenters. The Hall–Kier alpha value is -1.54. The normalized spacial score (nSPS) is 18.2. The van der Waals surface area contributed by atoms with Gasteiger partial charge in [-0.05, 0) is 0 Å². The Morgan fingerprint density at radius 3 is 0.765 bits per heavy atom. The van der Waals surface area contributed by atoms with Gasteiger partial charge in [0.2, 0.25) is 0 Å². The number of rotatable bonds is 2. The maximum absolute atomic E-state index is 2.41. The van der Waals surface area contributed by atoms with E-state index in [0.29, 0.717) is 15.2 Å². The topological polar surface area (TPSA) is 0 Å². The zero-order valence-electron chi connectivity index (χ0n) is 22.7. The summed E-state index contributed by atoms with van der Waals surface area (Å²) in [7, 11) is 0. The maximum Gasteiger partial charge on any atom is 0 e. The van der Waals surface area contributed by atoms with Crippen LogP contribution in [-0.2, 0) is 32.6 Å². The van der Waals surface area contributed by atoms with Crippen LogP contribution in [0.5, 0.6) is 0 Å². The first-order valence-electron chi connectivity index (χ1n) is 11.9. The number of benzene rings is 2. The van der Waals surface area contributed by atoms with Crippen molar-refractivity contribution in [1.29, 1.82) is 0 Å². The molecule has 0 fully saturated rings. The van der Waals surface area contributed by atoms with Gasteiger partial charge in [-0.1, -0.05) is 72.8 Å². The van der Waals surface area contributed by atoms with Gasteiger partial charge >= 0.3 is 138 Å². The van der Waals surface area contributed by atoms with Crippen molar-refractivity contribution in [3.05, 3.63) is 115 Å². The van der Waals surface area contributed by atoms with Gasteiger partial charge in [-0.2, -0.15) is 0 Å². The molecule has 0 amide bonds. The van der Waals surface area contributed by atoms with Gasteiger partial charge in [0, 0.05) is 17.4 Å². The molecule has 2 aliphatic carbocycles. The van der Waals surface area contributed by atoms with Gasteiger partial charge in [-0.3, -0.25) is 0 Å². The van der Waals surface area contributed by atoms with Crippen molar-refractivity contribution in [2.24, 2.45) is 10.8 Å². The molecule has 0 bridgehead atoms. The van der Waals surface area contributed by atoms with E-state index in [9.17, 15) is 0 Å². The molecule has 0 heterocycles. The zero-order valence-corrected chi connectivity index (χ0v) is 25.3. The first-order valence-corrected chi connectivity index (χ1v) is 13.2. The van der Waals surface area contributed by atoms with Crippen molar-refractivity contribution in [1.82, 2.24) is 0 Å². The molecule has 0 unspecified atom stereocenters. The fraction of sp³-hybridized carbons (Fsp3) is 0.375. The van der Waals surface area contributed by atoms with Crippen LogP contribution in [0.15, 0.2) is 115 Å². The fourth-order valence-corrected chi connectivity index (χ4v) is 6.95. The first-order chi connectivity index (χ1) is 15.4. The standard InChI is InChI=1S/2C10H15.2C6H6.2Cr/c2*1-7-6-10(4,5)9(3)8(7)2;2*1-2-4-6-5-3-1;;/h2*1-5H3;2*1-6H;;. The van der Waals surface area contributed by atoms with Gasteiger partial charge in [0.05, 0.1) is 0 Å². The Labute approximate surface area is 226 Å². The molecule has 0 saturated heterocycles. The molecule has 0 radical (unpaired) electrons. The van der Waals surface area contributed by atoms with Crippen LogP contribution in [0.1, 0.15) is 69.2 Å². The van der Waals surface area contributed by atoms with Crippen molar-refractivity contribution < 1.29 is 32.6 Å². The average Bonchev–Trinajstić information content (AvgIpc) is 3.07. The molecule has 2 aromatic carbocycles. The zero-order chi connectivity index (χ0) is 24.8. The summed E-state index contributed by atoms with van der Waals surface area (Å²) in [5.74, 6) is 0. The molecule has 182 valence electrons. The van der Waals surface area contributed by atoms with Crippen molar-refractivity contribution in [2.75, 3.05) is 0 Å². The smallest absolute Gasteiger partial charge is 0 e. The van der Waals surface area contributed by atoms with Crippen LogP contribution in [0, 0.1) is 10.8 Å². The van der Waals surface area contributed by atoms with Crippen molar-refractivity contribution in [3.8, 4) is 0 Å². The molecule has 0 saturated carbocycles. The summed E-state index contributed by atoms with van der Waals surface area (Å²) >= 11 is 0.444. The number of allylic oxidation sites excluding steroid dienone is 8. The van der Waals surface area contributed by atoms with E-state index in [1.165, 1.54) is 11.1 Å². The largest absolute Gasteiger partial charge is 0.0623 e. The van der Waals surface area contributed by atoms with Crippen LogP contribution in [-0.4, -0.2) is 0 Å². The third-order valence-electron chi connectivity index (χ3n) is 7.48. The molecular formula is C32H42Cr2. The summed E-state index contributed by atoms with van der Waals surface area (Å²) in [6.07, 6.45) is 0. The van der Waals surface area contributed by atoms with Gasteiger partial charge in [0.25, 0.3) is 0 Å². The number of hydrogen-bond acceptors (Lipinski definition) is 0. The van der Waals surface area contributed by atoms with Gasteiger partial charge in [-0.25, -0.2) is 0 Å². The molecule has 4 rings (SSSR count). The van der Waals surface area contributed by atoms with E-state index in [1.807, 2.05) is 72.8 Å². The van der Waals surface area contributed by atoms with Gasteiger partial charge in [0.1, 0.15) is 0 Å². The molecule has 0 nitrogen and oxygen atoms in total. The minimum Gasteiger partial charge on any atom is -0.0623 e. The average molecular weight is 531 g/mol. The second kappa shape index (κ2) is 13.0. The van der Waals surface area contributed by atoms with Crippen LogP contribution in [0.2, 0.25) is 0 Å². The molecule has 0 spiro atoms. The molecule has 2 aliphatic rings. The van der Waals surface area contributed by atoms with E-state index in [0.717, 1.165) is 0 Å². The first kappa shape index (κ1) is 30.5. The minimum absolute atomic E-state index is 0. The predicted molar refractivity (Wildman–Crippen MR) is 143 cm³/mol. The molecule has 0 aliphatic heterocycles. The third kappa shape index (κ3) is 6.78. The molecule has 0 N–H and O–H groups in total. The Balaban J connectivity index is 0.000000361.